The highest BCUT2D eigenvalue weighted by Gasteiger charge is 2.34. The van der Waals surface area contributed by atoms with E-state index in [0.29, 0.717) is 25.5 Å². The molecule has 0 saturated heterocycles. The van der Waals surface area contributed by atoms with Gasteiger partial charge in [0.2, 0.25) is 0 Å². The van der Waals surface area contributed by atoms with Gasteiger partial charge in [0.05, 0.1) is 17.2 Å². The molecule has 1 aliphatic carbocycles. The molecule has 0 fully saturated rings. The highest BCUT2D eigenvalue weighted by molar-refractivity contribution is 5.82. The molecule has 1 aromatic carbocycles. The predicted octanol–water partition coefficient (Wildman–Crippen LogP) is 4.39. The monoisotopic (exact) mass is 424 g/mol. The van der Waals surface area contributed by atoms with Crippen LogP contribution < -0.4 is 10.1 Å². The van der Waals surface area contributed by atoms with E-state index in [1.807, 2.05) is 13.0 Å². The summed E-state index contributed by atoms with van der Waals surface area (Å²) in [7, 11) is 0. The number of ether oxygens (including phenoxy) is 1. The van der Waals surface area contributed by atoms with Crippen LogP contribution in [0.4, 0.5) is 13.2 Å². The molecule has 0 radical (unpaired) electrons. The average Bonchev–Trinajstić information content (AvgIpc) is 2.66. The van der Waals surface area contributed by atoms with E-state index in [1.165, 1.54) is 6.07 Å². The molecule has 2 rings (SSSR count). The molecule has 0 aliphatic heterocycles. The van der Waals surface area contributed by atoms with E-state index in [-0.39, 0.29) is 17.4 Å². The van der Waals surface area contributed by atoms with Crippen molar-refractivity contribution in [3.05, 3.63) is 53.1 Å². The summed E-state index contributed by atoms with van der Waals surface area (Å²) in [6, 6.07) is 2.94. The lowest BCUT2D eigenvalue weighted by Crippen LogP contribution is -2.43. The van der Waals surface area contributed by atoms with Crippen LogP contribution in [-0.2, 0) is 11.0 Å². The lowest BCUT2D eigenvalue weighted by molar-refractivity contribution is -0.137. The van der Waals surface area contributed by atoms with Gasteiger partial charge in [-0.15, -0.1) is 0 Å². The second-order valence-electron chi connectivity index (χ2n) is 7.62. The predicted molar refractivity (Wildman–Crippen MR) is 109 cm³/mol. The standard InChI is InChI=1S/C22H27F3N2O3/c1-4-5-19(20(28)27-14(2)15-8-10-21(3,29)11-9-15)30-17-7-6-16(13-26)18(12-17)22(23,24)25/h6-10,12-14,19,26,29H,4-5,11H2,1-3H3,(H,27,28). The molecule has 8 heteroatoms. The molecule has 3 unspecified atom stereocenters. The molecule has 0 saturated carbocycles. The van der Waals surface area contributed by atoms with Gasteiger partial charge in [-0.2, -0.15) is 13.2 Å². The summed E-state index contributed by atoms with van der Waals surface area (Å²) in [4.78, 5) is 12.7. The first-order valence-corrected chi connectivity index (χ1v) is 9.77. The van der Waals surface area contributed by atoms with Crippen LogP contribution in [-0.4, -0.2) is 35.0 Å². The molecule has 1 aliphatic rings. The number of carbonyl (C=O) groups is 1. The number of carbonyl (C=O) groups excluding carboxylic acids is 1. The molecule has 3 N–H and O–H groups in total. The van der Waals surface area contributed by atoms with Crippen molar-refractivity contribution in [2.24, 2.45) is 0 Å². The maximum atomic E-state index is 13.2. The van der Waals surface area contributed by atoms with Crippen LogP contribution in [0.2, 0.25) is 0 Å². The molecule has 0 heterocycles. The molecule has 0 aromatic heterocycles. The largest absolute Gasteiger partial charge is 0.481 e. The molecular formula is C22H27F3N2O3. The van der Waals surface area contributed by atoms with Crippen LogP contribution in [0.25, 0.3) is 0 Å². The Balaban J connectivity index is 2.14. The van der Waals surface area contributed by atoms with E-state index in [4.69, 9.17) is 10.1 Å². The van der Waals surface area contributed by atoms with Crippen molar-refractivity contribution >= 4 is 12.1 Å². The molecule has 0 spiro atoms. The summed E-state index contributed by atoms with van der Waals surface area (Å²) in [5.74, 6) is -0.511. The number of hydrogen-bond acceptors (Lipinski definition) is 4. The van der Waals surface area contributed by atoms with E-state index in [9.17, 15) is 23.1 Å². The van der Waals surface area contributed by atoms with Gasteiger partial charge in [-0.25, -0.2) is 0 Å². The maximum Gasteiger partial charge on any atom is 0.417 e. The van der Waals surface area contributed by atoms with Crippen molar-refractivity contribution in [3.63, 3.8) is 0 Å². The zero-order valence-corrected chi connectivity index (χ0v) is 17.2. The molecule has 30 heavy (non-hydrogen) atoms. The first-order chi connectivity index (χ1) is 14.0. The van der Waals surface area contributed by atoms with Gasteiger partial charge in [0.1, 0.15) is 5.75 Å². The smallest absolute Gasteiger partial charge is 0.417 e. The summed E-state index contributed by atoms with van der Waals surface area (Å²) in [5, 5.41) is 19.9. The zero-order valence-electron chi connectivity index (χ0n) is 17.2. The number of hydrogen-bond donors (Lipinski definition) is 3. The Labute approximate surface area is 174 Å². The lowest BCUT2D eigenvalue weighted by atomic mass is 9.91. The molecule has 5 nitrogen and oxygen atoms in total. The van der Waals surface area contributed by atoms with Crippen LogP contribution in [0.3, 0.4) is 0 Å². The Bertz CT molecular complexity index is 845. The van der Waals surface area contributed by atoms with Crippen LogP contribution in [0.1, 0.15) is 51.2 Å². The van der Waals surface area contributed by atoms with Gasteiger partial charge in [0.25, 0.3) is 5.91 Å². The third-order valence-electron chi connectivity index (χ3n) is 4.85. The average molecular weight is 424 g/mol. The van der Waals surface area contributed by atoms with Gasteiger partial charge >= 0.3 is 6.18 Å². The van der Waals surface area contributed by atoms with E-state index in [2.05, 4.69) is 5.32 Å². The normalized spacial score (nSPS) is 20.8. The van der Waals surface area contributed by atoms with Crippen LogP contribution in [0.5, 0.6) is 5.75 Å². The van der Waals surface area contributed by atoms with Gasteiger partial charge in [-0.1, -0.05) is 31.6 Å². The Kier molecular flexibility index (Phi) is 7.47. The van der Waals surface area contributed by atoms with Crippen LogP contribution >= 0.6 is 0 Å². The fourth-order valence-corrected chi connectivity index (χ4v) is 3.10. The highest BCUT2D eigenvalue weighted by Crippen LogP contribution is 2.34. The molecule has 1 aromatic rings. The molecule has 1 amide bonds. The first kappa shape index (κ1) is 23.7. The Hall–Kier alpha value is -2.61. The van der Waals surface area contributed by atoms with Gasteiger partial charge < -0.3 is 20.6 Å². The number of amides is 1. The van der Waals surface area contributed by atoms with Gasteiger partial charge in [-0.3, -0.25) is 4.79 Å². The number of rotatable bonds is 8. The SMILES string of the molecule is CCCC(Oc1ccc(C=N)c(C(F)(F)F)c1)C(=O)NC(C)C1=CCC(C)(O)C=C1. The van der Waals surface area contributed by atoms with E-state index in [1.54, 1.807) is 26.0 Å². The zero-order chi connectivity index (χ0) is 22.5. The fourth-order valence-electron chi connectivity index (χ4n) is 3.10. The van der Waals surface area contributed by atoms with Gasteiger partial charge in [-0.05, 0) is 50.5 Å². The minimum Gasteiger partial charge on any atom is -0.481 e. The van der Waals surface area contributed by atoms with E-state index >= 15 is 0 Å². The summed E-state index contributed by atoms with van der Waals surface area (Å²) in [6.45, 7) is 5.32. The van der Waals surface area contributed by atoms with Crippen molar-refractivity contribution < 1.29 is 27.8 Å². The number of aliphatic hydroxyl groups is 1. The van der Waals surface area contributed by atoms with Gasteiger partial charge in [0.15, 0.2) is 6.10 Å². The third-order valence-corrected chi connectivity index (χ3v) is 4.85. The summed E-state index contributed by atoms with van der Waals surface area (Å²) in [5.41, 5.74) is -1.34. The Morgan fingerprint density at radius 3 is 2.67 bits per heavy atom. The fraction of sp³-hybridized carbons (Fsp3) is 0.455. The topological polar surface area (TPSA) is 82.4 Å². The molecule has 0 bridgehead atoms. The molecule has 164 valence electrons. The summed E-state index contributed by atoms with van der Waals surface area (Å²) >= 11 is 0. The Morgan fingerprint density at radius 1 is 1.43 bits per heavy atom. The minimum atomic E-state index is -4.63. The quantitative estimate of drug-likeness (QED) is 0.541. The number of alkyl halides is 3. The number of benzene rings is 1. The third kappa shape index (κ3) is 6.19. The van der Waals surface area contributed by atoms with Crippen molar-refractivity contribution in [2.45, 2.75) is 64.0 Å². The Morgan fingerprint density at radius 2 is 2.13 bits per heavy atom. The van der Waals surface area contributed by atoms with Gasteiger partial charge in [0, 0.05) is 11.8 Å². The second-order valence-corrected chi connectivity index (χ2v) is 7.62. The summed E-state index contributed by atoms with van der Waals surface area (Å²) < 4.78 is 45.3. The second kappa shape index (κ2) is 9.47. The van der Waals surface area contributed by atoms with Crippen molar-refractivity contribution in [1.82, 2.24) is 5.32 Å². The number of halogens is 3. The van der Waals surface area contributed by atoms with E-state index < -0.39 is 29.4 Å². The summed E-state index contributed by atoms with van der Waals surface area (Å²) in [6.07, 6.45) is 1.64. The van der Waals surface area contributed by atoms with Crippen LogP contribution in [0, 0.1) is 5.41 Å². The van der Waals surface area contributed by atoms with Crippen molar-refractivity contribution in [2.75, 3.05) is 0 Å². The highest BCUT2D eigenvalue weighted by atomic mass is 19.4. The first-order valence-electron chi connectivity index (χ1n) is 9.77. The number of nitrogens with one attached hydrogen (secondary N) is 2. The maximum absolute atomic E-state index is 13.2. The molecule has 3 atom stereocenters. The minimum absolute atomic E-state index is 0.0815. The van der Waals surface area contributed by atoms with Crippen molar-refractivity contribution in [3.8, 4) is 5.75 Å². The van der Waals surface area contributed by atoms with E-state index in [0.717, 1.165) is 17.7 Å². The van der Waals surface area contributed by atoms with Crippen molar-refractivity contribution in [1.29, 1.82) is 5.41 Å². The lowest BCUT2D eigenvalue weighted by Gasteiger charge is -2.26. The van der Waals surface area contributed by atoms with Crippen LogP contribution in [0.15, 0.2) is 42.0 Å². The molecular weight excluding hydrogens is 397 g/mol.